The molecule has 4 rings (SSSR count). The van der Waals surface area contributed by atoms with Gasteiger partial charge in [0.2, 0.25) is 0 Å². The van der Waals surface area contributed by atoms with Crippen LogP contribution in [0.5, 0.6) is 5.75 Å². The molecule has 2 nitrogen and oxygen atoms in total. The van der Waals surface area contributed by atoms with E-state index in [1.807, 2.05) is 6.08 Å². The minimum atomic E-state index is -0.392. The zero-order valence-corrected chi connectivity index (χ0v) is 22.9. The molecule has 0 saturated carbocycles. The van der Waals surface area contributed by atoms with Crippen LogP contribution in [-0.2, 0) is 4.74 Å². The Morgan fingerprint density at radius 1 is 0.750 bits per heavy atom. The van der Waals surface area contributed by atoms with Crippen LogP contribution in [0.25, 0.3) is 11.1 Å². The molecule has 0 heterocycles. The van der Waals surface area contributed by atoms with Crippen molar-refractivity contribution in [3.63, 3.8) is 0 Å². The summed E-state index contributed by atoms with van der Waals surface area (Å²) in [7, 11) is 0. The van der Waals surface area contributed by atoms with Crippen molar-refractivity contribution < 1.29 is 27.0 Å². The Balaban J connectivity index is 1.05. The zero-order valence-electron chi connectivity index (χ0n) is 22.9. The minimum absolute atomic E-state index is 0.256. The molecule has 212 valence electrons. The summed E-state index contributed by atoms with van der Waals surface area (Å²) >= 11 is 0. The molecule has 0 spiro atoms. The molecule has 3 aromatic carbocycles. The topological polar surface area (TPSA) is 18.5 Å². The van der Waals surface area contributed by atoms with E-state index in [0.717, 1.165) is 44.1 Å². The second-order valence-electron chi connectivity index (χ2n) is 10.4. The van der Waals surface area contributed by atoms with Crippen molar-refractivity contribution in [3.8, 4) is 16.9 Å². The summed E-state index contributed by atoms with van der Waals surface area (Å²) in [6.07, 6.45) is 9.88. The smallest absolute Gasteiger partial charge is 0.134 e. The average Bonchev–Trinajstić information content (AvgIpc) is 2.94. The molecule has 40 heavy (non-hydrogen) atoms. The van der Waals surface area contributed by atoms with Gasteiger partial charge in [0.15, 0.2) is 0 Å². The van der Waals surface area contributed by atoms with Gasteiger partial charge in [-0.1, -0.05) is 44.0 Å². The summed E-state index contributed by atoms with van der Waals surface area (Å²) in [6, 6.07) is 16.5. The fraction of sp³-hybridized carbons (Fsp3) is 0.353. The third-order valence-electron chi connectivity index (χ3n) is 7.26. The highest BCUT2D eigenvalue weighted by atomic mass is 19.1. The van der Waals surface area contributed by atoms with E-state index in [0.29, 0.717) is 48.2 Å². The highest BCUT2D eigenvalue weighted by Crippen LogP contribution is 2.34. The van der Waals surface area contributed by atoms with Gasteiger partial charge in [-0.25, -0.2) is 17.6 Å². The third kappa shape index (κ3) is 8.73. The van der Waals surface area contributed by atoms with E-state index in [1.165, 1.54) is 36.4 Å². The fourth-order valence-electron chi connectivity index (χ4n) is 4.90. The Hall–Kier alpha value is -3.54. The Morgan fingerprint density at radius 2 is 1.38 bits per heavy atom. The molecular formula is C34H36F4O2. The van der Waals surface area contributed by atoms with E-state index in [1.54, 1.807) is 36.4 Å². The van der Waals surface area contributed by atoms with Crippen LogP contribution in [0, 0.1) is 23.4 Å². The molecule has 2 unspecified atom stereocenters. The number of hydrogen-bond acceptors (Lipinski definition) is 2. The molecule has 0 N–H and O–H groups in total. The van der Waals surface area contributed by atoms with Gasteiger partial charge < -0.3 is 9.47 Å². The van der Waals surface area contributed by atoms with Gasteiger partial charge in [0.25, 0.3) is 0 Å². The predicted molar refractivity (Wildman–Crippen MR) is 151 cm³/mol. The van der Waals surface area contributed by atoms with Gasteiger partial charge >= 0.3 is 0 Å². The Labute approximate surface area is 234 Å². The lowest BCUT2D eigenvalue weighted by Gasteiger charge is -2.19. The Morgan fingerprint density at radius 3 is 2.00 bits per heavy atom. The Bertz CT molecular complexity index is 1280. The maximum atomic E-state index is 14.6. The first-order valence-electron chi connectivity index (χ1n) is 14.0. The summed E-state index contributed by atoms with van der Waals surface area (Å²) in [4.78, 5) is 0. The monoisotopic (exact) mass is 552 g/mol. The van der Waals surface area contributed by atoms with Crippen LogP contribution in [0.3, 0.4) is 0 Å². The van der Waals surface area contributed by atoms with Gasteiger partial charge in [0.1, 0.15) is 34.8 Å². The maximum absolute atomic E-state index is 14.6. The lowest BCUT2D eigenvalue weighted by atomic mass is 9.91. The predicted octanol–water partition coefficient (Wildman–Crippen LogP) is 10.1. The number of benzene rings is 3. The zero-order chi connectivity index (χ0) is 28.3. The van der Waals surface area contributed by atoms with E-state index < -0.39 is 5.82 Å². The van der Waals surface area contributed by atoms with Gasteiger partial charge in [0.05, 0.1) is 13.2 Å². The van der Waals surface area contributed by atoms with Crippen LogP contribution in [-0.4, -0.2) is 13.2 Å². The van der Waals surface area contributed by atoms with Crippen LogP contribution in [0.15, 0.2) is 90.5 Å². The number of rotatable bonds is 14. The number of unbranched alkanes of at least 4 members (excludes halogenated alkanes) is 2. The van der Waals surface area contributed by atoms with Gasteiger partial charge in [-0.3, -0.25) is 0 Å². The molecule has 0 fully saturated rings. The van der Waals surface area contributed by atoms with Gasteiger partial charge in [-0.15, -0.1) is 0 Å². The second-order valence-corrected chi connectivity index (χ2v) is 10.4. The van der Waals surface area contributed by atoms with Gasteiger partial charge in [0, 0.05) is 23.6 Å². The fourth-order valence-corrected chi connectivity index (χ4v) is 4.90. The summed E-state index contributed by atoms with van der Waals surface area (Å²) in [6.45, 7) is 3.31. The first-order chi connectivity index (χ1) is 19.4. The molecule has 6 heteroatoms. The molecule has 1 aliphatic rings. The quantitative estimate of drug-likeness (QED) is 0.146. The lowest BCUT2D eigenvalue weighted by Crippen LogP contribution is -2.06. The summed E-state index contributed by atoms with van der Waals surface area (Å²) in [5.41, 5.74) is 1.80. The molecule has 0 saturated heterocycles. The minimum Gasteiger partial charge on any atom is -0.494 e. The van der Waals surface area contributed by atoms with E-state index >= 15 is 0 Å². The highest BCUT2D eigenvalue weighted by molar-refractivity contribution is 5.64. The molecule has 0 bridgehead atoms. The maximum Gasteiger partial charge on any atom is 0.134 e. The highest BCUT2D eigenvalue weighted by Gasteiger charge is 2.20. The van der Waals surface area contributed by atoms with Crippen LogP contribution in [0.1, 0.15) is 63.4 Å². The second kappa shape index (κ2) is 14.7. The van der Waals surface area contributed by atoms with Crippen molar-refractivity contribution in [2.24, 2.45) is 5.92 Å². The molecule has 0 radical (unpaired) electrons. The van der Waals surface area contributed by atoms with Gasteiger partial charge in [-0.05, 0) is 91.6 Å². The van der Waals surface area contributed by atoms with Crippen molar-refractivity contribution >= 4 is 0 Å². The number of ether oxygens (including phenoxy) is 2. The van der Waals surface area contributed by atoms with Crippen molar-refractivity contribution in [2.75, 3.05) is 13.2 Å². The van der Waals surface area contributed by atoms with Crippen LogP contribution >= 0.6 is 0 Å². The molecule has 2 atom stereocenters. The first-order valence-corrected chi connectivity index (χ1v) is 14.0. The van der Waals surface area contributed by atoms with E-state index in [2.05, 4.69) is 6.92 Å². The van der Waals surface area contributed by atoms with Crippen LogP contribution in [0.4, 0.5) is 17.6 Å². The van der Waals surface area contributed by atoms with Crippen molar-refractivity contribution in [1.82, 2.24) is 0 Å². The van der Waals surface area contributed by atoms with E-state index in [9.17, 15) is 17.6 Å². The van der Waals surface area contributed by atoms with Crippen molar-refractivity contribution in [2.45, 2.75) is 57.8 Å². The van der Waals surface area contributed by atoms with Gasteiger partial charge in [-0.2, -0.15) is 0 Å². The normalized spacial score (nSPS) is 15.8. The van der Waals surface area contributed by atoms with E-state index in [-0.39, 0.29) is 23.4 Å². The summed E-state index contributed by atoms with van der Waals surface area (Å²) < 4.78 is 66.8. The molecule has 0 aliphatic heterocycles. The summed E-state index contributed by atoms with van der Waals surface area (Å²) in [5.74, 6) is -0.0732. The largest absolute Gasteiger partial charge is 0.494 e. The molecule has 0 aromatic heterocycles. The summed E-state index contributed by atoms with van der Waals surface area (Å²) in [5, 5.41) is 0. The number of hydrogen-bond donors (Lipinski definition) is 0. The molecule has 0 amide bonds. The lowest BCUT2D eigenvalue weighted by molar-refractivity contribution is 0.210. The third-order valence-corrected chi connectivity index (χ3v) is 7.26. The van der Waals surface area contributed by atoms with Crippen molar-refractivity contribution in [3.05, 3.63) is 113 Å². The van der Waals surface area contributed by atoms with Crippen LogP contribution in [0.2, 0.25) is 0 Å². The molecule has 3 aromatic rings. The Kier molecular flexibility index (Phi) is 10.8. The number of halogens is 4. The first kappa shape index (κ1) is 29.4. The van der Waals surface area contributed by atoms with E-state index in [4.69, 9.17) is 9.47 Å². The van der Waals surface area contributed by atoms with Crippen molar-refractivity contribution in [1.29, 1.82) is 0 Å². The number of allylic oxidation sites excluding steroid dienone is 3. The average molecular weight is 553 g/mol. The molecule has 1 aliphatic carbocycles. The SMILES string of the molecule is CC(CCCCOC1=CCC(c2ccc(F)cc2)C(F)=C1)CCCCOc1ccc(-c2ccc(F)cc2)c(F)c1. The standard InChI is InChI=1S/C34H36F4O2/c1-24(6-2-4-20-39-29-16-18-31(33(37)22-29)25-8-12-27(35)13-9-25)7-3-5-21-40-30-17-19-32(34(38)23-30)26-10-14-28(36)15-11-26/h8-18,22-24,32H,2-7,19-21H2,1H3. The van der Waals surface area contributed by atoms with Crippen LogP contribution < -0.4 is 4.74 Å². The molecular weight excluding hydrogens is 516 g/mol.